The molecule has 1 heterocycles. The first kappa shape index (κ1) is 18.3. The van der Waals surface area contributed by atoms with E-state index in [1.165, 1.54) is 7.11 Å². The van der Waals surface area contributed by atoms with Crippen molar-refractivity contribution in [3.63, 3.8) is 0 Å². The zero-order chi connectivity index (χ0) is 15.2. The van der Waals surface area contributed by atoms with Crippen molar-refractivity contribution in [1.82, 2.24) is 5.32 Å². The van der Waals surface area contributed by atoms with Crippen molar-refractivity contribution in [2.24, 2.45) is 0 Å². The molecule has 1 aromatic rings. The van der Waals surface area contributed by atoms with Crippen LogP contribution >= 0.6 is 12.4 Å². The van der Waals surface area contributed by atoms with Crippen molar-refractivity contribution in [3.05, 3.63) is 29.8 Å². The molecule has 1 aliphatic rings. The van der Waals surface area contributed by atoms with E-state index in [-0.39, 0.29) is 30.5 Å². The average molecular weight is 330 g/mol. The lowest BCUT2D eigenvalue weighted by Crippen LogP contribution is -2.31. The zero-order valence-corrected chi connectivity index (χ0v) is 13.4. The topological polar surface area (TPSA) is 73.9 Å². The molecule has 0 aliphatic carbocycles. The van der Waals surface area contributed by atoms with Gasteiger partial charge < -0.3 is 19.5 Å². The molecule has 6 nitrogen and oxygen atoms in total. The molecule has 7 heteroatoms. The van der Waals surface area contributed by atoms with Crippen molar-refractivity contribution in [2.75, 3.05) is 20.3 Å². The Morgan fingerprint density at radius 2 is 2.05 bits per heavy atom. The van der Waals surface area contributed by atoms with Crippen LogP contribution in [-0.4, -0.2) is 44.3 Å². The molecule has 0 spiro atoms. The van der Waals surface area contributed by atoms with Crippen LogP contribution in [0.4, 0.5) is 0 Å². The molecule has 1 aromatic carbocycles. The van der Waals surface area contributed by atoms with E-state index < -0.39 is 5.97 Å². The minimum absolute atomic E-state index is 0. The fraction of sp³-hybridized carbons (Fsp3) is 0.467. The molecule has 1 N–H and O–H groups in total. The number of halogens is 1. The van der Waals surface area contributed by atoms with Gasteiger partial charge in [-0.3, -0.25) is 4.79 Å². The van der Waals surface area contributed by atoms with Crippen molar-refractivity contribution in [1.29, 1.82) is 0 Å². The first-order chi connectivity index (χ1) is 10.2. The van der Waals surface area contributed by atoms with Crippen LogP contribution in [0.15, 0.2) is 24.3 Å². The first-order valence-electron chi connectivity index (χ1n) is 6.89. The lowest BCUT2D eigenvalue weighted by Gasteiger charge is -2.15. The fourth-order valence-electron chi connectivity index (χ4n) is 2.24. The molecule has 0 aromatic heterocycles. The van der Waals surface area contributed by atoms with Gasteiger partial charge in [0, 0.05) is 13.0 Å². The number of carbonyl (C=O) groups excluding carboxylic acids is 2. The third kappa shape index (κ3) is 4.35. The van der Waals surface area contributed by atoms with Gasteiger partial charge in [0.1, 0.15) is 23.5 Å². The Bertz CT molecular complexity index is 522. The summed E-state index contributed by atoms with van der Waals surface area (Å²) < 4.78 is 15.5. The molecule has 0 amide bonds. The third-order valence-corrected chi connectivity index (χ3v) is 3.25. The third-order valence-electron chi connectivity index (χ3n) is 3.25. The number of benzene rings is 1. The summed E-state index contributed by atoms with van der Waals surface area (Å²) >= 11 is 0. The van der Waals surface area contributed by atoms with E-state index in [9.17, 15) is 9.59 Å². The van der Waals surface area contributed by atoms with Gasteiger partial charge in [0.25, 0.3) is 0 Å². The van der Waals surface area contributed by atoms with E-state index in [1.54, 1.807) is 31.2 Å². The Hall–Kier alpha value is -1.79. The van der Waals surface area contributed by atoms with E-state index in [4.69, 9.17) is 14.2 Å². The van der Waals surface area contributed by atoms with Gasteiger partial charge in [-0.1, -0.05) is 12.1 Å². The zero-order valence-electron chi connectivity index (χ0n) is 12.5. The second kappa shape index (κ2) is 8.60. The molecule has 122 valence electrons. The number of nitrogens with one attached hydrogen (secondary N) is 1. The fourth-order valence-corrected chi connectivity index (χ4v) is 2.24. The van der Waals surface area contributed by atoms with E-state index in [0.717, 1.165) is 0 Å². The summed E-state index contributed by atoms with van der Waals surface area (Å²) in [7, 11) is 1.36. The highest BCUT2D eigenvalue weighted by molar-refractivity contribution is 5.92. The van der Waals surface area contributed by atoms with Gasteiger partial charge in [-0.2, -0.15) is 0 Å². The summed E-state index contributed by atoms with van der Waals surface area (Å²) in [5, 5.41) is 3.04. The van der Waals surface area contributed by atoms with Gasteiger partial charge in [-0.05, 0) is 19.1 Å². The molecule has 2 atom stereocenters. The Morgan fingerprint density at radius 1 is 1.32 bits per heavy atom. The van der Waals surface area contributed by atoms with Gasteiger partial charge in [0.05, 0.1) is 13.7 Å². The molecule has 0 bridgehead atoms. The van der Waals surface area contributed by atoms with Gasteiger partial charge in [0.2, 0.25) is 0 Å². The summed E-state index contributed by atoms with van der Waals surface area (Å²) in [6.07, 6.45) is 0.314. The summed E-state index contributed by atoms with van der Waals surface area (Å²) in [6.45, 7) is 2.59. The van der Waals surface area contributed by atoms with Crippen LogP contribution in [0.3, 0.4) is 0 Å². The second-order valence-corrected chi connectivity index (χ2v) is 4.68. The molecule has 1 saturated heterocycles. The summed E-state index contributed by atoms with van der Waals surface area (Å²) in [5.74, 6) is -0.253. The molecule has 1 aliphatic heterocycles. The molecule has 22 heavy (non-hydrogen) atoms. The quantitative estimate of drug-likeness (QED) is 0.827. The summed E-state index contributed by atoms with van der Waals surface area (Å²) in [5.41, 5.74) is 0.390. The highest BCUT2D eigenvalue weighted by Gasteiger charge is 2.32. The molecular weight excluding hydrogens is 310 g/mol. The summed E-state index contributed by atoms with van der Waals surface area (Å²) in [4.78, 5) is 23.3. The number of ether oxygens (including phenoxy) is 3. The van der Waals surface area contributed by atoms with E-state index in [0.29, 0.717) is 30.9 Å². The highest BCUT2D eigenvalue weighted by atomic mass is 35.5. The minimum Gasteiger partial charge on any atom is -0.488 e. The number of carbonyl (C=O) groups is 2. The predicted molar refractivity (Wildman–Crippen MR) is 82.5 cm³/mol. The van der Waals surface area contributed by atoms with E-state index in [2.05, 4.69) is 5.32 Å². The van der Waals surface area contributed by atoms with Crippen LogP contribution in [0.25, 0.3) is 0 Å². The normalized spacial score (nSPS) is 19.9. The molecule has 0 saturated carbocycles. The summed E-state index contributed by atoms with van der Waals surface area (Å²) in [6, 6.07) is 6.56. The SMILES string of the molecule is CCOC(=O)c1ccccc1OC1CNC(C(=O)OC)C1.Cl. The van der Waals surface area contributed by atoms with E-state index in [1.807, 2.05) is 0 Å². The van der Waals surface area contributed by atoms with E-state index >= 15 is 0 Å². The van der Waals surface area contributed by atoms with Crippen molar-refractivity contribution >= 4 is 24.3 Å². The van der Waals surface area contributed by atoms with Crippen LogP contribution in [0.2, 0.25) is 0 Å². The maximum absolute atomic E-state index is 11.9. The Labute approximate surface area is 135 Å². The Balaban J connectivity index is 0.00000242. The number of hydrogen-bond donors (Lipinski definition) is 1. The Morgan fingerprint density at radius 3 is 2.73 bits per heavy atom. The van der Waals surface area contributed by atoms with Crippen molar-refractivity contribution < 1.29 is 23.8 Å². The number of methoxy groups -OCH3 is 1. The molecule has 0 radical (unpaired) electrons. The maximum atomic E-state index is 11.9. The lowest BCUT2D eigenvalue weighted by molar-refractivity contribution is -0.142. The number of esters is 2. The molecule has 2 unspecified atom stereocenters. The number of para-hydroxylation sites is 1. The maximum Gasteiger partial charge on any atom is 0.341 e. The molecule has 2 rings (SSSR count). The monoisotopic (exact) mass is 329 g/mol. The van der Waals surface area contributed by atoms with Crippen LogP contribution in [0, 0.1) is 0 Å². The molecule has 1 fully saturated rings. The van der Waals surface area contributed by atoms with Crippen molar-refractivity contribution in [2.45, 2.75) is 25.5 Å². The van der Waals surface area contributed by atoms with Gasteiger partial charge in [-0.15, -0.1) is 12.4 Å². The van der Waals surface area contributed by atoms with Crippen molar-refractivity contribution in [3.8, 4) is 5.75 Å². The second-order valence-electron chi connectivity index (χ2n) is 4.68. The predicted octanol–water partition coefficient (Wildman–Crippen LogP) is 1.57. The van der Waals surface area contributed by atoms with Gasteiger partial charge in [-0.25, -0.2) is 4.79 Å². The highest BCUT2D eigenvalue weighted by Crippen LogP contribution is 2.23. The van der Waals surface area contributed by atoms with Crippen LogP contribution < -0.4 is 10.1 Å². The largest absolute Gasteiger partial charge is 0.488 e. The Kier molecular flexibility index (Phi) is 7.14. The van der Waals surface area contributed by atoms with Gasteiger partial charge >= 0.3 is 11.9 Å². The van der Waals surface area contributed by atoms with Gasteiger partial charge in [0.15, 0.2) is 0 Å². The molecular formula is C15H20ClNO5. The minimum atomic E-state index is -0.413. The van der Waals surface area contributed by atoms with Crippen LogP contribution in [0.5, 0.6) is 5.75 Å². The number of hydrogen-bond acceptors (Lipinski definition) is 6. The number of rotatable bonds is 5. The smallest absolute Gasteiger partial charge is 0.341 e. The standard InChI is InChI=1S/C15H19NO5.ClH/c1-3-20-14(17)11-6-4-5-7-13(11)21-10-8-12(16-9-10)15(18)19-2;/h4-7,10,12,16H,3,8-9H2,1-2H3;1H. The first-order valence-corrected chi connectivity index (χ1v) is 6.89. The van der Waals surface area contributed by atoms with Crippen LogP contribution in [0.1, 0.15) is 23.7 Å². The van der Waals surface area contributed by atoms with Crippen LogP contribution in [-0.2, 0) is 14.3 Å². The average Bonchev–Trinajstić information content (AvgIpc) is 2.96. The lowest BCUT2D eigenvalue weighted by atomic mass is 10.2.